The third-order valence-electron chi connectivity index (χ3n) is 2.25. The molecule has 0 aliphatic carbocycles. The van der Waals surface area contributed by atoms with Crippen LogP contribution in [0.25, 0.3) is 0 Å². The molecule has 11 heteroatoms. The van der Waals surface area contributed by atoms with E-state index in [0.717, 1.165) is 6.42 Å². The lowest BCUT2D eigenvalue weighted by Gasteiger charge is -2.04. The van der Waals surface area contributed by atoms with E-state index in [1.54, 1.807) is 0 Å². The minimum atomic E-state index is -1.29. The van der Waals surface area contributed by atoms with E-state index in [1.807, 2.05) is 0 Å². The maximum absolute atomic E-state index is 10.3. The number of rotatable bonds is 9. The fourth-order valence-electron chi connectivity index (χ4n) is 1.08. The van der Waals surface area contributed by atoms with Crippen LogP contribution in [0.1, 0.15) is 25.7 Å². The van der Waals surface area contributed by atoms with Gasteiger partial charge in [0.1, 0.15) is 12.1 Å². The Labute approximate surface area is 127 Å². The molecule has 0 unspecified atom stereocenters. The zero-order chi connectivity index (χ0) is 17.7. The smallest absolute Gasteiger partial charge is 0.321 e. The summed E-state index contributed by atoms with van der Waals surface area (Å²) in [7, 11) is 0. The second-order valence-corrected chi connectivity index (χ2v) is 4.29. The number of guanidine groups is 1. The maximum atomic E-state index is 10.3. The van der Waals surface area contributed by atoms with Crippen LogP contribution in [-0.2, 0) is 14.4 Å². The standard InChI is InChI=1S/C7H16N4O2.C4H7NO4/c8-5(6(12)13)3-1-2-4-11-7(9)10;5-2(4(8)9)1-3(6)7/h5H,1-4,8H2,(H,12,13)(H4,9,10,11);2H,1,5H2,(H,6,7)(H,8,9)/t5-;2-/m00/s1. The Kier molecular flexibility index (Phi) is 12.3. The lowest BCUT2D eigenvalue weighted by atomic mass is 10.1. The van der Waals surface area contributed by atoms with Crippen molar-refractivity contribution >= 4 is 23.9 Å². The Hall–Kier alpha value is -2.40. The van der Waals surface area contributed by atoms with Gasteiger partial charge in [0.05, 0.1) is 6.42 Å². The number of carboxylic acid groups (broad SMARTS) is 3. The summed E-state index contributed by atoms with van der Waals surface area (Å²) in [6, 6.07) is -2.07. The number of nitrogens with two attached hydrogens (primary N) is 4. The van der Waals surface area contributed by atoms with Crippen molar-refractivity contribution in [3.8, 4) is 0 Å². The van der Waals surface area contributed by atoms with Gasteiger partial charge in [-0.2, -0.15) is 0 Å². The molecule has 0 aromatic carbocycles. The third kappa shape index (κ3) is 15.7. The van der Waals surface area contributed by atoms with Crippen molar-refractivity contribution in [2.24, 2.45) is 27.9 Å². The molecular weight excluding hydrogens is 298 g/mol. The summed E-state index contributed by atoms with van der Waals surface area (Å²) in [5.74, 6) is -3.41. The first-order chi connectivity index (χ1) is 10.1. The van der Waals surface area contributed by atoms with Gasteiger partial charge < -0.3 is 38.3 Å². The molecule has 11 nitrogen and oxygen atoms in total. The first-order valence-electron chi connectivity index (χ1n) is 6.31. The first kappa shape index (κ1) is 21.9. The van der Waals surface area contributed by atoms with E-state index in [2.05, 4.69) is 4.99 Å². The van der Waals surface area contributed by atoms with Gasteiger partial charge in [-0.15, -0.1) is 0 Å². The van der Waals surface area contributed by atoms with Crippen LogP contribution in [-0.4, -0.2) is 57.8 Å². The van der Waals surface area contributed by atoms with E-state index >= 15 is 0 Å². The topological polar surface area (TPSA) is 228 Å². The van der Waals surface area contributed by atoms with Crippen LogP contribution in [0, 0.1) is 0 Å². The van der Waals surface area contributed by atoms with Gasteiger partial charge in [0.15, 0.2) is 5.96 Å². The summed E-state index contributed by atoms with van der Waals surface area (Å²) in [6.07, 6.45) is 1.38. The summed E-state index contributed by atoms with van der Waals surface area (Å²) in [4.78, 5) is 33.6. The second-order valence-electron chi connectivity index (χ2n) is 4.29. The molecule has 0 aliphatic rings. The summed E-state index contributed by atoms with van der Waals surface area (Å²) in [5.41, 5.74) is 20.3. The molecule has 0 fully saturated rings. The van der Waals surface area contributed by atoms with E-state index in [-0.39, 0.29) is 5.96 Å². The highest BCUT2D eigenvalue weighted by atomic mass is 16.4. The summed E-state index contributed by atoms with van der Waals surface area (Å²) >= 11 is 0. The van der Waals surface area contributed by atoms with Crippen LogP contribution < -0.4 is 22.9 Å². The van der Waals surface area contributed by atoms with E-state index in [4.69, 9.17) is 38.3 Å². The fraction of sp³-hybridized carbons (Fsp3) is 0.636. The van der Waals surface area contributed by atoms with Crippen LogP contribution in [0.15, 0.2) is 4.99 Å². The van der Waals surface area contributed by atoms with Gasteiger partial charge in [-0.3, -0.25) is 19.4 Å². The van der Waals surface area contributed by atoms with Crippen molar-refractivity contribution < 1.29 is 29.7 Å². The molecule has 2 atom stereocenters. The third-order valence-corrected chi connectivity index (χ3v) is 2.25. The fourth-order valence-corrected chi connectivity index (χ4v) is 1.08. The maximum Gasteiger partial charge on any atom is 0.321 e. The number of aliphatic imine (C=N–C) groups is 1. The Morgan fingerprint density at radius 1 is 0.909 bits per heavy atom. The molecule has 0 heterocycles. The van der Waals surface area contributed by atoms with Crippen LogP contribution in [0.4, 0.5) is 0 Å². The molecule has 22 heavy (non-hydrogen) atoms. The lowest BCUT2D eigenvalue weighted by Crippen LogP contribution is -2.32. The Morgan fingerprint density at radius 3 is 1.73 bits per heavy atom. The van der Waals surface area contributed by atoms with Crippen molar-refractivity contribution in [3.05, 3.63) is 0 Å². The van der Waals surface area contributed by atoms with Gasteiger partial charge >= 0.3 is 17.9 Å². The Morgan fingerprint density at radius 2 is 1.41 bits per heavy atom. The Bertz CT molecular complexity index is 396. The zero-order valence-electron chi connectivity index (χ0n) is 12.0. The van der Waals surface area contributed by atoms with Crippen molar-refractivity contribution in [2.75, 3.05) is 6.54 Å². The monoisotopic (exact) mass is 321 g/mol. The number of unbranched alkanes of at least 4 members (excludes halogenated alkanes) is 1. The van der Waals surface area contributed by atoms with Crippen LogP contribution in [0.3, 0.4) is 0 Å². The zero-order valence-corrected chi connectivity index (χ0v) is 12.0. The number of carbonyl (C=O) groups is 3. The molecule has 0 aromatic heterocycles. The predicted octanol–water partition coefficient (Wildman–Crippen LogP) is -2.28. The number of carboxylic acids is 3. The molecule has 0 aromatic rings. The summed E-state index contributed by atoms with van der Waals surface area (Å²) in [5, 5.41) is 24.5. The largest absolute Gasteiger partial charge is 0.481 e. The van der Waals surface area contributed by atoms with Gasteiger partial charge in [0.25, 0.3) is 0 Å². The van der Waals surface area contributed by atoms with Gasteiger partial charge in [-0.25, -0.2) is 0 Å². The number of hydrogen-bond acceptors (Lipinski definition) is 6. The van der Waals surface area contributed by atoms with E-state index in [9.17, 15) is 14.4 Å². The number of nitrogens with zero attached hydrogens (tertiary/aromatic N) is 1. The molecule has 0 bridgehead atoms. The van der Waals surface area contributed by atoms with E-state index in [1.165, 1.54) is 0 Å². The van der Waals surface area contributed by atoms with Crippen LogP contribution >= 0.6 is 0 Å². The van der Waals surface area contributed by atoms with Crippen molar-refractivity contribution in [2.45, 2.75) is 37.8 Å². The minimum absolute atomic E-state index is 0.0579. The van der Waals surface area contributed by atoms with Crippen LogP contribution in [0.2, 0.25) is 0 Å². The predicted molar refractivity (Wildman–Crippen MR) is 78.0 cm³/mol. The molecule has 0 saturated carbocycles. The molecule has 128 valence electrons. The molecule has 0 aliphatic heterocycles. The Balaban J connectivity index is 0. The summed E-state index contributed by atoms with van der Waals surface area (Å²) in [6.45, 7) is 0.522. The highest BCUT2D eigenvalue weighted by Crippen LogP contribution is 1.99. The van der Waals surface area contributed by atoms with Gasteiger partial charge in [0.2, 0.25) is 0 Å². The molecule has 0 spiro atoms. The number of aliphatic carboxylic acids is 3. The normalized spacial score (nSPS) is 12.3. The number of hydrogen-bond donors (Lipinski definition) is 7. The van der Waals surface area contributed by atoms with E-state index < -0.39 is 36.4 Å². The SMILES string of the molecule is NC(N)=NCCCC[C@H](N)C(=O)O.N[C@@H](CC(=O)O)C(=O)O. The molecule has 0 amide bonds. The van der Waals surface area contributed by atoms with Crippen molar-refractivity contribution in [1.29, 1.82) is 0 Å². The molecular formula is C11H23N5O6. The average molecular weight is 321 g/mol. The lowest BCUT2D eigenvalue weighted by molar-refractivity contribution is -0.144. The highest BCUT2D eigenvalue weighted by Gasteiger charge is 2.14. The van der Waals surface area contributed by atoms with Gasteiger partial charge in [-0.05, 0) is 19.3 Å². The average Bonchev–Trinajstić information content (AvgIpc) is 2.37. The molecule has 0 radical (unpaired) electrons. The quantitative estimate of drug-likeness (QED) is 0.136. The molecule has 0 saturated heterocycles. The second kappa shape index (κ2) is 12.3. The van der Waals surface area contributed by atoms with E-state index in [0.29, 0.717) is 19.4 Å². The van der Waals surface area contributed by atoms with Crippen molar-refractivity contribution in [3.63, 3.8) is 0 Å². The van der Waals surface area contributed by atoms with Crippen molar-refractivity contribution in [1.82, 2.24) is 0 Å². The molecule has 11 N–H and O–H groups in total. The highest BCUT2D eigenvalue weighted by molar-refractivity contribution is 5.80. The summed E-state index contributed by atoms with van der Waals surface area (Å²) < 4.78 is 0. The van der Waals surface area contributed by atoms with Crippen LogP contribution in [0.5, 0.6) is 0 Å². The first-order valence-corrected chi connectivity index (χ1v) is 6.31. The minimum Gasteiger partial charge on any atom is -0.481 e. The van der Waals surface area contributed by atoms with Gasteiger partial charge in [-0.1, -0.05) is 0 Å². The molecule has 0 rings (SSSR count). The van der Waals surface area contributed by atoms with Gasteiger partial charge in [0, 0.05) is 6.54 Å².